The first-order chi connectivity index (χ1) is 9.20. The Morgan fingerprint density at radius 1 is 1.21 bits per heavy atom. The number of hydrogen-bond donors (Lipinski definition) is 0. The first-order valence-electron chi connectivity index (χ1n) is 6.02. The summed E-state index contributed by atoms with van der Waals surface area (Å²) in [7, 11) is 1.65. The minimum Gasteiger partial charge on any atom is -0.494 e. The number of benzene rings is 1. The van der Waals surface area contributed by atoms with Crippen molar-refractivity contribution in [2.75, 3.05) is 7.11 Å². The van der Waals surface area contributed by atoms with Gasteiger partial charge in [-0.25, -0.2) is 14.6 Å². The molecule has 0 aliphatic carbocycles. The summed E-state index contributed by atoms with van der Waals surface area (Å²) in [4.78, 5) is 8.73. The molecule has 0 radical (unpaired) electrons. The average molecular weight is 254 g/mol. The van der Waals surface area contributed by atoms with Gasteiger partial charge >= 0.3 is 0 Å². The van der Waals surface area contributed by atoms with Gasteiger partial charge in [-0.15, -0.1) is 0 Å². The normalized spacial score (nSPS) is 10.9. The van der Waals surface area contributed by atoms with Crippen LogP contribution < -0.4 is 4.74 Å². The maximum Gasteiger partial charge on any atom is 0.145 e. The summed E-state index contributed by atoms with van der Waals surface area (Å²) in [5.74, 6) is 1.61. The van der Waals surface area contributed by atoms with Gasteiger partial charge in [0.2, 0.25) is 0 Å². The van der Waals surface area contributed by atoms with E-state index in [4.69, 9.17) is 4.74 Å². The Bertz CT molecular complexity index is 748. The van der Waals surface area contributed by atoms with E-state index in [-0.39, 0.29) is 0 Å². The summed E-state index contributed by atoms with van der Waals surface area (Å²) in [6, 6.07) is 7.88. The molecule has 0 N–H and O–H groups in total. The number of fused-ring (bicyclic) bond motifs is 1. The summed E-state index contributed by atoms with van der Waals surface area (Å²) in [6.07, 6.45) is 1.55. The van der Waals surface area contributed by atoms with Crippen LogP contribution in [0.1, 0.15) is 11.5 Å². The van der Waals surface area contributed by atoms with E-state index in [0.29, 0.717) is 0 Å². The fourth-order valence-electron chi connectivity index (χ4n) is 2.20. The predicted octanol–water partition coefficient (Wildman–Crippen LogP) is 2.44. The molecule has 1 aromatic carbocycles. The molecule has 96 valence electrons. The van der Waals surface area contributed by atoms with Crippen molar-refractivity contribution in [3.8, 4) is 11.4 Å². The molecule has 0 unspecified atom stereocenters. The monoisotopic (exact) mass is 254 g/mol. The highest BCUT2D eigenvalue weighted by Gasteiger charge is 2.11. The Kier molecular flexibility index (Phi) is 2.67. The molecule has 3 aromatic rings. The first kappa shape index (κ1) is 11.6. The van der Waals surface area contributed by atoms with Crippen LogP contribution in [0.15, 0.2) is 30.6 Å². The molecular weight excluding hydrogens is 240 g/mol. The molecule has 0 bridgehead atoms. The lowest BCUT2D eigenvalue weighted by Gasteiger charge is -2.11. The van der Waals surface area contributed by atoms with E-state index in [1.54, 1.807) is 13.4 Å². The average Bonchev–Trinajstić information content (AvgIpc) is 2.83. The van der Waals surface area contributed by atoms with Crippen LogP contribution >= 0.6 is 0 Å². The SMILES string of the molecule is COc1cccc2c(-n3ncnc3C)cc(C)nc12. The zero-order valence-electron chi connectivity index (χ0n) is 11.1. The molecule has 0 fully saturated rings. The van der Waals surface area contributed by atoms with E-state index in [9.17, 15) is 0 Å². The third-order valence-electron chi connectivity index (χ3n) is 3.08. The van der Waals surface area contributed by atoms with E-state index in [1.807, 2.05) is 42.8 Å². The topological polar surface area (TPSA) is 52.8 Å². The quantitative estimate of drug-likeness (QED) is 0.705. The minimum absolute atomic E-state index is 0.764. The molecule has 0 saturated carbocycles. The van der Waals surface area contributed by atoms with Gasteiger partial charge in [0.1, 0.15) is 23.4 Å². The largest absolute Gasteiger partial charge is 0.494 e. The molecule has 0 saturated heterocycles. The Balaban J connectivity index is 2.40. The lowest BCUT2D eigenvalue weighted by molar-refractivity contribution is 0.419. The number of para-hydroxylation sites is 1. The van der Waals surface area contributed by atoms with Gasteiger partial charge in [0, 0.05) is 11.1 Å². The number of aromatic nitrogens is 4. The van der Waals surface area contributed by atoms with Gasteiger partial charge in [-0.3, -0.25) is 0 Å². The van der Waals surface area contributed by atoms with Crippen molar-refractivity contribution >= 4 is 10.9 Å². The van der Waals surface area contributed by atoms with Crippen molar-refractivity contribution < 1.29 is 4.74 Å². The molecule has 5 heteroatoms. The lowest BCUT2D eigenvalue weighted by atomic mass is 10.1. The van der Waals surface area contributed by atoms with Crippen LogP contribution in [-0.2, 0) is 0 Å². The van der Waals surface area contributed by atoms with Crippen LogP contribution in [0.5, 0.6) is 5.75 Å². The molecule has 0 atom stereocenters. The predicted molar refractivity (Wildman–Crippen MR) is 72.7 cm³/mol. The Morgan fingerprint density at radius 2 is 2.05 bits per heavy atom. The summed E-state index contributed by atoms with van der Waals surface area (Å²) in [5.41, 5.74) is 2.73. The fourth-order valence-corrected chi connectivity index (χ4v) is 2.20. The number of pyridine rings is 1. The Morgan fingerprint density at radius 3 is 2.74 bits per heavy atom. The maximum absolute atomic E-state index is 5.38. The van der Waals surface area contributed by atoms with Crippen LogP contribution in [0.2, 0.25) is 0 Å². The Labute approximate surface area is 110 Å². The van der Waals surface area contributed by atoms with Gasteiger partial charge in [-0.05, 0) is 26.0 Å². The molecule has 2 aromatic heterocycles. The molecule has 2 heterocycles. The van der Waals surface area contributed by atoms with Crippen LogP contribution in [0, 0.1) is 13.8 Å². The number of nitrogens with zero attached hydrogens (tertiary/aromatic N) is 4. The first-order valence-corrected chi connectivity index (χ1v) is 6.02. The second kappa shape index (κ2) is 4.35. The van der Waals surface area contributed by atoms with Crippen LogP contribution in [0.4, 0.5) is 0 Å². The van der Waals surface area contributed by atoms with Gasteiger partial charge in [0.15, 0.2) is 0 Å². The summed E-state index contributed by atoms with van der Waals surface area (Å²) >= 11 is 0. The smallest absolute Gasteiger partial charge is 0.145 e. The van der Waals surface area contributed by atoms with E-state index < -0.39 is 0 Å². The van der Waals surface area contributed by atoms with Crippen molar-refractivity contribution in [3.05, 3.63) is 42.1 Å². The van der Waals surface area contributed by atoms with Gasteiger partial charge in [0.25, 0.3) is 0 Å². The maximum atomic E-state index is 5.38. The number of ether oxygens (including phenoxy) is 1. The Hall–Kier alpha value is -2.43. The van der Waals surface area contributed by atoms with Gasteiger partial charge in [-0.2, -0.15) is 5.10 Å². The summed E-state index contributed by atoms with van der Waals surface area (Å²) < 4.78 is 7.19. The number of rotatable bonds is 2. The van der Waals surface area contributed by atoms with Gasteiger partial charge in [-0.1, -0.05) is 12.1 Å². The highest BCUT2D eigenvalue weighted by molar-refractivity contribution is 5.91. The van der Waals surface area contributed by atoms with E-state index >= 15 is 0 Å². The van der Waals surface area contributed by atoms with Crippen molar-refractivity contribution in [1.82, 2.24) is 19.7 Å². The van der Waals surface area contributed by atoms with E-state index in [0.717, 1.165) is 33.9 Å². The highest BCUT2D eigenvalue weighted by Crippen LogP contribution is 2.28. The van der Waals surface area contributed by atoms with Crippen molar-refractivity contribution in [2.24, 2.45) is 0 Å². The molecule has 3 rings (SSSR count). The minimum atomic E-state index is 0.764. The molecule has 19 heavy (non-hydrogen) atoms. The standard InChI is InChI=1S/C14H14N4O/c1-9-7-12(18-10(2)15-8-16-18)11-5-4-6-13(19-3)14(11)17-9/h4-8H,1-3H3. The molecule has 0 aliphatic heterocycles. The van der Waals surface area contributed by atoms with E-state index in [1.165, 1.54) is 0 Å². The number of methoxy groups -OCH3 is 1. The third-order valence-corrected chi connectivity index (χ3v) is 3.08. The van der Waals surface area contributed by atoms with Crippen molar-refractivity contribution in [2.45, 2.75) is 13.8 Å². The second-order valence-corrected chi connectivity index (χ2v) is 4.36. The number of aryl methyl sites for hydroxylation is 2. The van der Waals surface area contributed by atoms with Crippen LogP contribution in [-0.4, -0.2) is 26.9 Å². The summed E-state index contributed by atoms with van der Waals surface area (Å²) in [5, 5.41) is 5.27. The highest BCUT2D eigenvalue weighted by atomic mass is 16.5. The molecular formula is C14H14N4O. The molecule has 0 aliphatic rings. The van der Waals surface area contributed by atoms with Crippen LogP contribution in [0.3, 0.4) is 0 Å². The number of hydrogen-bond acceptors (Lipinski definition) is 4. The summed E-state index contributed by atoms with van der Waals surface area (Å²) in [6.45, 7) is 3.89. The van der Waals surface area contributed by atoms with Crippen LogP contribution in [0.25, 0.3) is 16.6 Å². The van der Waals surface area contributed by atoms with Crippen molar-refractivity contribution in [1.29, 1.82) is 0 Å². The zero-order chi connectivity index (χ0) is 13.4. The van der Waals surface area contributed by atoms with E-state index in [2.05, 4.69) is 15.1 Å². The molecule has 5 nitrogen and oxygen atoms in total. The molecule has 0 amide bonds. The second-order valence-electron chi connectivity index (χ2n) is 4.36. The zero-order valence-corrected chi connectivity index (χ0v) is 11.1. The van der Waals surface area contributed by atoms with Gasteiger partial charge < -0.3 is 4.74 Å². The lowest BCUT2D eigenvalue weighted by Crippen LogP contribution is -2.02. The fraction of sp³-hybridized carbons (Fsp3) is 0.214. The van der Waals surface area contributed by atoms with Gasteiger partial charge in [0.05, 0.1) is 12.8 Å². The van der Waals surface area contributed by atoms with Crippen molar-refractivity contribution in [3.63, 3.8) is 0 Å². The molecule has 0 spiro atoms. The third kappa shape index (κ3) is 1.83.